The molecule has 3 nitrogen and oxygen atoms in total. The summed E-state index contributed by atoms with van der Waals surface area (Å²) in [5.41, 5.74) is 3.71. The van der Waals surface area contributed by atoms with Gasteiger partial charge in [0.25, 0.3) is 0 Å². The summed E-state index contributed by atoms with van der Waals surface area (Å²) in [7, 11) is 0. The van der Waals surface area contributed by atoms with Crippen LogP contribution in [0.4, 0.5) is 5.69 Å². The molecule has 2 aromatic carbocycles. The van der Waals surface area contributed by atoms with E-state index in [0.717, 1.165) is 24.9 Å². The van der Waals surface area contributed by atoms with E-state index in [0.29, 0.717) is 13.1 Å². The van der Waals surface area contributed by atoms with Crippen LogP contribution in [0.15, 0.2) is 54.6 Å². The van der Waals surface area contributed by atoms with Gasteiger partial charge in [-0.1, -0.05) is 48.5 Å². The van der Waals surface area contributed by atoms with E-state index < -0.39 is 0 Å². The van der Waals surface area contributed by atoms with Crippen LogP contribution in [0.3, 0.4) is 0 Å². The molecular formula is C19H22N2O. The van der Waals surface area contributed by atoms with E-state index in [-0.39, 0.29) is 5.91 Å². The molecule has 1 N–H and O–H groups in total. The molecule has 0 fully saturated rings. The summed E-state index contributed by atoms with van der Waals surface area (Å²) in [5.74, 6) is 0.0838. The lowest BCUT2D eigenvalue weighted by molar-refractivity contribution is -0.119. The number of carbonyl (C=O) groups excluding carboxylic acids is 1. The zero-order valence-electron chi connectivity index (χ0n) is 12.8. The zero-order chi connectivity index (χ0) is 15.2. The summed E-state index contributed by atoms with van der Waals surface area (Å²) in [5, 5.41) is 3.02. The highest BCUT2D eigenvalue weighted by Crippen LogP contribution is 2.25. The summed E-state index contributed by atoms with van der Waals surface area (Å²) in [6, 6.07) is 18.5. The fraction of sp³-hybridized carbons (Fsp3) is 0.316. The molecule has 0 saturated carbocycles. The first-order valence-electron chi connectivity index (χ1n) is 7.96. The summed E-state index contributed by atoms with van der Waals surface area (Å²) in [4.78, 5) is 14.5. The number of fused-ring (bicyclic) bond motifs is 1. The first-order chi connectivity index (χ1) is 10.8. The average Bonchev–Trinajstić information content (AvgIpc) is 2.77. The Hall–Kier alpha value is -2.29. The molecule has 3 heteroatoms. The van der Waals surface area contributed by atoms with Crippen molar-refractivity contribution in [2.75, 3.05) is 18.0 Å². The highest BCUT2D eigenvalue weighted by atomic mass is 16.2. The van der Waals surface area contributed by atoms with E-state index in [1.54, 1.807) is 0 Å². The van der Waals surface area contributed by atoms with Crippen molar-refractivity contribution in [2.45, 2.75) is 25.8 Å². The smallest absolute Gasteiger partial charge is 0.239 e. The number of carbonyl (C=O) groups is 1. The number of nitrogens with zero attached hydrogens (tertiary/aromatic N) is 1. The molecule has 0 unspecified atom stereocenters. The third-order valence-corrected chi connectivity index (χ3v) is 4.12. The van der Waals surface area contributed by atoms with Crippen LogP contribution in [0.5, 0.6) is 0 Å². The first kappa shape index (κ1) is 14.6. The molecular weight excluding hydrogens is 272 g/mol. The minimum atomic E-state index is 0.0838. The highest BCUT2D eigenvalue weighted by molar-refractivity contribution is 5.81. The summed E-state index contributed by atoms with van der Waals surface area (Å²) < 4.78 is 0. The van der Waals surface area contributed by atoms with Gasteiger partial charge in [-0.3, -0.25) is 4.79 Å². The van der Waals surface area contributed by atoms with Gasteiger partial charge < -0.3 is 10.2 Å². The molecule has 0 saturated heterocycles. The number of hydrogen-bond donors (Lipinski definition) is 1. The Balaban J connectivity index is 1.61. The Morgan fingerprint density at radius 2 is 1.77 bits per heavy atom. The van der Waals surface area contributed by atoms with Crippen molar-refractivity contribution in [1.29, 1.82) is 0 Å². The Bertz CT molecular complexity index is 624. The molecule has 0 atom stereocenters. The SMILES string of the molecule is O=C(CN1CCCCc2ccccc21)NCc1ccccc1. The van der Waals surface area contributed by atoms with Crippen LogP contribution in [0.25, 0.3) is 0 Å². The molecule has 1 aliphatic rings. The van der Waals surface area contributed by atoms with E-state index >= 15 is 0 Å². The van der Waals surface area contributed by atoms with Crippen LogP contribution < -0.4 is 10.2 Å². The maximum Gasteiger partial charge on any atom is 0.239 e. The third-order valence-electron chi connectivity index (χ3n) is 4.12. The van der Waals surface area contributed by atoms with Crippen molar-refractivity contribution >= 4 is 11.6 Å². The molecule has 1 heterocycles. The number of aryl methyl sites for hydroxylation is 1. The van der Waals surface area contributed by atoms with Crippen LogP contribution >= 0.6 is 0 Å². The van der Waals surface area contributed by atoms with Gasteiger partial charge in [-0.25, -0.2) is 0 Å². The predicted octanol–water partition coefficient (Wildman–Crippen LogP) is 3.15. The number of hydrogen-bond acceptors (Lipinski definition) is 2. The zero-order valence-corrected chi connectivity index (χ0v) is 12.8. The number of rotatable bonds is 4. The molecule has 1 amide bonds. The Kier molecular flexibility index (Phi) is 4.74. The van der Waals surface area contributed by atoms with Gasteiger partial charge in [0.2, 0.25) is 5.91 Å². The van der Waals surface area contributed by atoms with Crippen molar-refractivity contribution in [3.05, 3.63) is 65.7 Å². The maximum atomic E-state index is 12.3. The Morgan fingerprint density at radius 3 is 2.64 bits per heavy atom. The van der Waals surface area contributed by atoms with Crippen molar-refractivity contribution < 1.29 is 4.79 Å². The predicted molar refractivity (Wildman–Crippen MR) is 89.9 cm³/mol. The second-order valence-corrected chi connectivity index (χ2v) is 5.77. The molecule has 0 aromatic heterocycles. The molecule has 3 rings (SSSR count). The average molecular weight is 294 g/mol. The second kappa shape index (κ2) is 7.12. The fourth-order valence-corrected chi connectivity index (χ4v) is 2.96. The maximum absolute atomic E-state index is 12.3. The molecule has 0 spiro atoms. The number of anilines is 1. The molecule has 0 aliphatic carbocycles. The lowest BCUT2D eigenvalue weighted by Gasteiger charge is -2.24. The van der Waals surface area contributed by atoms with Crippen LogP contribution in [0, 0.1) is 0 Å². The minimum absolute atomic E-state index is 0.0838. The van der Waals surface area contributed by atoms with E-state index in [1.165, 1.54) is 17.7 Å². The molecule has 1 aliphatic heterocycles. The highest BCUT2D eigenvalue weighted by Gasteiger charge is 2.17. The number of para-hydroxylation sites is 1. The molecule has 114 valence electrons. The minimum Gasteiger partial charge on any atom is -0.362 e. The Morgan fingerprint density at radius 1 is 1.00 bits per heavy atom. The molecule has 0 bridgehead atoms. The fourth-order valence-electron chi connectivity index (χ4n) is 2.96. The third kappa shape index (κ3) is 3.67. The second-order valence-electron chi connectivity index (χ2n) is 5.77. The summed E-state index contributed by atoms with van der Waals surface area (Å²) >= 11 is 0. The number of benzene rings is 2. The molecule has 22 heavy (non-hydrogen) atoms. The van der Waals surface area contributed by atoms with Crippen LogP contribution in [0.2, 0.25) is 0 Å². The van der Waals surface area contributed by atoms with Gasteiger partial charge in [0.1, 0.15) is 0 Å². The van der Waals surface area contributed by atoms with Crippen LogP contribution in [-0.4, -0.2) is 19.0 Å². The van der Waals surface area contributed by atoms with Gasteiger partial charge in [0.05, 0.1) is 6.54 Å². The van der Waals surface area contributed by atoms with Crippen molar-refractivity contribution in [3.8, 4) is 0 Å². The van der Waals surface area contributed by atoms with Crippen molar-refractivity contribution in [3.63, 3.8) is 0 Å². The Labute approximate surface area is 132 Å². The van der Waals surface area contributed by atoms with E-state index in [2.05, 4.69) is 34.5 Å². The van der Waals surface area contributed by atoms with Gasteiger partial charge in [-0.2, -0.15) is 0 Å². The normalized spacial score (nSPS) is 14.1. The lowest BCUT2D eigenvalue weighted by atomic mass is 10.1. The van der Waals surface area contributed by atoms with Crippen LogP contribution in [-0.2, 0) is 17.8 Å². The monoisotopic (exact) mass is 294 g/mol. The first-order valence-corrected chi connectivity index (χ1v) is 7.96. The van der Waals surface area contributed by atoms with Gasteiger partial charge in [-0.05, 0) is 36.5 Å². The van der Waals surface area contributed by atoms with Gasteiger partial charge >= 0.3 is 0 Å². The van der Waals surface area contributed by atoms with E-state index in [4.69, 9.17) is 0 Å². The quantitative estimate of drug-likeness (QED) is 0.939. The number of nitrogens with one attached hydrogen (secondary N) is 1. The largest absolute Gasteiger partial charge is 0.362 e. The van der Waals surface area contributed by atoms with Gasteiger partial charge in [-0.15, -0.1) is 0 Å². The molecule has 2 aromatic rings. The standard InChI is InChI=1S/C19H22N2O/c22-19(20-14-16-8-2-1-3-9-16)15-21-13-7-6-11-17-10-4-5-12-18(17)21/h1-5,8-10,12H,6-7,11,13-15H2,(H,20,22). The van der Waals surface area contributed by atoms with Gasteiger partial charge in [0.15, 0.2) is 0 Å². The van der Waals surface area contributed by atoms with Crippen molar-refractivity contribution in [1.82, 2.24) is 5.32 Å². The summed E-state index contributed by atoms with van der Waals surface area (Å²) in [6.45, 7) is 1.98. The van der Waals surface area contributed by atoms with Gasteiger partial charge in [0, 0.05) is 18.8 Å². The topological polar surface area (TPSA) is 32.3 Å². The summed E-state index contributed by atoms with van der Waals surface area (Å²) in [6.07, 6.45) is 3.44. The van der Waals surface area contributed by atoms with E-state index in [9.17, 15) is 4.79 Å². The molecule has 0 radical (unpaired) electrons. The van der Waals surface area contributed by atoms with E-state index in [1.807, 2.05) is 30.3 Å². The van der Waals surface area contributed by atoms with Crippen molar-refractivity contribution in [2.24, 2.45) is 0 Å². The van der Waals surface area contributed by atoms with Crippen LogP contribution in [0.1, 0.15) is 24.0 Å². The number of amides is 1. The lowest BCUT2D eigenvalue weighted by Crippen LogP contribution is -2.37.